The van der Waals surface area contributed by atoms with Crippen molar-refractivity contribution in [3.8, 4) is 5.82 Å². The minimum absolute atomic E-state index is 0.407. The number of hydrogen-bond acceptors (Lipinski definition) is 6. The Hall–Kier alpha value is -2.74. The van der Waals surface area contributed by atoms with Crippen molar-refractivity contribution in [3.05, 3.63) is 57.1 Å². The normalized spacial score (nSPS) is 10.8. The van der Waals surface area contributed by atoms with Crippen molar-refractivity contribution in [1.82, 2.24) is 19.7 Å². The molecule has 0 spiro atoms. The van der Waals surface area contributed by atoms with Gasteiger partial charge in [0.15, 0.2) is 11.6 Å². The van der Waals surface area contributed by atoms with Crippen LogP contribution in [0.25, 0.3) is 5.82 Å². The Morgan fingerprint density at radius 2 is 2.04 bits per heavy atom. The summed E-state index contributed by atoms with van der Waals surface area (Å²) < 4.78 is 7.48. The van der Waals surface area contributed by atoms with E-state index in [1.54, 1.807) is 16.9 Å². The molecular formula is C20H22BrN5O2. The van der Waals surface area contributed by atoms with Gasteiger partial charge in [-0.3, -0.25) is 4.98 Å². The second-order valence-corrected chi connectivity index (χ2v) is 7.25. The van der Waals surface area contributed by atoms with Gasteiger partial charge in [-0.25, -0.2) is 9.78 Å². The Bertz CT molecular complexity index is 1050. The number of carbonyl (C=O) groups excluding carboxylic acids is 1. The highest BCUT2D eigenvalue weighted by Crippen LogP contribution is 2.33. The number of anilines is 2. The molecule has 0 aliphatic carbocycles. The Labute approximate surface area is 172 Å². The van der Waals surface area contributed by atoms with Gasteiger partial charge in [0.2, 0.25) is 0 Å². The maximum absolute atomic E-state index is 12.3. The summed E-state index contributed by atoms with van der Waals surface area (Å²) in [7, 11) is 1.37. The molecule has 2 aromatic heterocycles. The molecule has 1 aromatic carbocycles. The van der Waals surface area contributed by atoms with E-state index in [0.29, 0.717) is 22.9 Å². The average molecular weight is 444 g/mol. The average Bonchev–Trinajstić information content (AvgIpc) is 3.00. The van der Waals surface area contributed by atoms with Gasteiger partial charge in [0.1, 0.15) is 0 Å². The zero-order valence-electron chi connectivity index (χ0n) is 16.5. The molecule has 0 fully saturated rings. The van der Waals surface area contributed by atoms with Gasteiger partial charge in [0.05, 0.1) is 39.9 Å². The predicted octanol–water partition coefficient (Wildman–Crippen LogP) is 4.44. The molecule has 0 aliphatic rings. The van der Waals surface area contributed by atoms with Crippen LogP contribution < -0.4 is 5.32 Å². The highest BCUT2D eigenvalue weighted by molar-refractivity contribution is 9.10. The number of nitrogens with zero attached hydrogens (tertiary/aromatic N) is 4. The maximum Gasteiger partial charge on any atom is 0.339 e. The maximum atomic E-state index is 12.3. The molecule has 28 heavy (non-hydrogen) atoms. The van der Waals surface area contributed by atoms with Crippen molar-refractivity contribution in [2.45, 2.75) is 34.1 Å². The number of hydrogen-bond donors (Lipinski definition) is 1. The van der Waals surface area contributed by atoms with E-state index < -0.39 is 5.97 Å². The van der Waals surface area contributed by atoms with E-state index in [1.165, 1.54) is 7.11 Å². The summed E-state index contributed by atoms with van der Waals surface area (Å²) in [4.78, 5) is 21.3. The number of rotatable bonds is 5. The molecule has 1 N–H and O–H groups in total. The number of aromatic nitrogens is 4. The van der Waals surface area contributed by atoms with Crippen LogP contribution in [-0.4, -0.2) is 32.8 Å². The predicted molar refractivity (Wildman–Crippen MR) is 112 cm³/mol. The van der Waals surface area contributed by atoms with Gasteiger partial charge in [0, 0.05) is 6.20 Å². The zero-order valence-corrected chi connectivity index (χ0v) is 18.1. The third-order valence-electron chi connectivity index (χ3n) is 4.31. The van der Waals surface area contributed by atoms with Gasteiger partial charge < -0.3 is 10.1 Å². The SMILES string of the molecule is CCc1nn(-c2nc(C)cnc2C)c(Nc2ccc(C)cc2C(=O)OC)c1Br. The van der Waals surface area contributed by atoms with Crippen LogP contribution in [0.3, 0.4) is 0 Å². The van der Waals surface area contributed by atoms with E-state index in [9.17, 15) is 4.79 Å². The molecule has 0 aliphatic heterocycles. The number of benzene rings is 1. The Kier molecular flexibility index (Phi) is 5.79. The molecule has 0 saturated carbocycles. The highest BCUT2D eigenvalue weighted by atomic mass is 79.9. The Morgan fingerprint density at radius 3 is 2.71 bits per heavy atom. The first-order valence-electron chi connectivity index (χ1n) is 8.89. The van der Waals surface area contributed by atoms with E-state index in [1.807, 2.05) is 39.8 Å². The number of halogens is 1. The molecule has 0 radical (unpaired) electrons. The lowest BCUT2D eigenvalue weighted by atomic mass is 10.1. The number of esters is 1. The third-order valence-corrected chi connectivity index (χ3v) is 5.15. The van der Waals surface area contributed by atoms with Gasteiger partial charge in [-0.2, -0.15) is 9.78 Å². The lowest BCUT2D eigenvalue weighted by Crippen LogP contribution is -2.11. The van der Waals surface area contributed by atoms with Crippen LogP contribution in [0.15, 0.2) is 28.9 Å². The minimum Gasteiger partial charge on any atom is -0.465 e. The summed E-state index contributed by atoms with van der Waals surface area (Å²) >= 11 is 3.64. The van der Waals surface area contributed by atoms with Crippen LogP contribution >= 0.6 is 15.9 Å². The number of ether oxygens (including phenoxy) is 1. The molecule has 0 saturated heterocycles. The fraction of sp³-hybridized carbons (Fsp3) is 0.300. The van der Waals surface area contributed by atoms with Crippen molar-refractivity contribution < 1.29 is 9.53 Å². The molecule has 3 aromatic rings. The molecule has 0 atom stereocenters. The molecule has 146 valence electrons. The van der Waals surface area contributed by atoms with Crippen LogP contribution in [0.1, 0.15) is 39.9 Å². The lowest BCUT2D eigenvalue weighted by Gasteiger charge is -2.14. The van der Waals surface area contributed by atoms with E-state index in [-0.39, 0.29) is 0 Å². The lowest BCUT2D eigenvalue weighted by molar-refractivity contribution is 0.0602. The second-order valence-electron chi connectivity index (χ2n) is 6.46. The van der Waals surface area contributed by atoms with Gasteiger partial charge >= 0.3 is 5.97 Å². The van der Waals surface area contributed by atoms with Crippen LogP contribution in [0.5, 0.6) is 0 Å². The van der Waals surface area contributed by atoms with E-state index in [0.717, 1.165) is 33.5 Å². The van der Waals surface area contributed by atoms with Gasteiger partial charge in [0.25, 0.3) is 0 Å². The molecule has 0 unspecified atom stereocenters. The summed E-state index contributed by atoms with van der Waals surface area (Å²) in [6.45, 7) is 7.73. The Morgan fingerprint density at radius 1 is 1.29 bits per heavy atom. The van der Waals surface area contributed by atoms with Gasteiger partial charge in [-0.15, -0.1) is 0 Å². The van der Waals surface area contributed by atoms with Crippen molar-refractivity contribution in [2.75, 3.05) is 12.4 Å². The minimum atomic E-state index is -0.407. The fourth-order valence-electron chi connectivity index (χ4n) is 2.83. The standard InChI is InChI=1S/C20H22BrN5O2/c1-6-15-17(21)19(26(25-15)18-13(4)22-10-12(3)23-18)24-16-8-7-11(2)9-14(16)20(27)28-5/h7-10,24H,6H2,1-5H3. The number of carbonyl (C=O) groups is 1. The van der Waals surface area contributed by atoms with Crippen LogP contribution in [0, 0.1) is 20.8 Å². The third kappa shape index (κ3) is 3.77. The largest absolute Gasteiger partial charge is 0.465 e. The summed E-state index contributed by atoms with van der Waals surface area (Å²) in [5.74, 6) is 0.902. The first-order valence-corrected chi connectivity index (χ1v) is 9.69. The summed E-state index contributed by atoms with van der Waals surface area (Å²) in [6.07, 6.45) is 2.46. The van der Waals surface area contributed by atoms with Crippen LogP contribution in [0.2, 0.25) is 0 Å². The summed E-state index contributed by atoms with van der Waals surface area (Å²) in [5.41, 5.74) is 4.46. The first-order chi connectivity index (χ1) is 13.3. The number of methoxy groups -OCH3 is 1. The zero-order chi connectivity index (χ0) is 20.4. The fourth-order valence-corrected chi connectivity index (χ4v) is 3.46. The molecule has 8 heteroatoms. The summed E-state index contributed by atoms with van der Waals surface area (Å²) in [5, 5.41) is 8.03. The molecule has 7 nitrogen and oxygen atoms in total. The van der Waals surface area contributed by atoms with Gasteiger partial charge in [-0.1, -0.05) is 18.6 Å². The van der Waals surface area contributed by atoms with Crippen molar-refractivity contribution in [3.63, 3.8) is 0 Å². The smallest absolute Gasteiger partial charge is 0.339 e. The molecule has 2 heterocycles. The Balaban J connectivity index is 2.17. The second kappa shape index (κ2) is 8.10. The highest BCUT2D eigenvalue weighted by Gasteiger charge is 2.21. The molecule has 3 rings (SSSR count). The topological polar surface area (TPSA) is 81.9 Å². The van der Waals surface area contributed by atoms with E-state index in [2.05, 4.69) is 31.2 Å². The van der Waals surface area contributed by atoms with Crippen LogP contribution in [-0.2, 0) is 11.2 Å². The molecular weight excluding hydrogens is 422 g/mol. The molecule has 0 bridgehead atoms. The van der Waals surface area contributed by atoms with Crippen molar-refractivity contribution >= 4 is 33.4 Å². The molecule has 0 amide bonds. The van der Waals surface area contributed by atoms with E-state index in [4.69, 9.17) is 9.84 Å². The van der Waals surface area contributed by atoms with Crippen molar-refractivity contribution in [1.29, 1.82) is 0 Å². The quantitative estimate of drug-likeness (QED) is 0.586. The number of aryl methyl sites for hydroxylation is 4. The van der Waals surface area contributed by atoms with E-state index >= 15 is 0 Å². The first kappa shape index (κ1) is 20.0. The van der Waals surface area contributed by atoms with Crippen molar-refractivity contribution in [2.24, 2.45) is 0 Å². The van der Waals surface area contributed by atoms with Gasteiger partial charge in [-0.05, 0) is 55.3 Å². The summed E-state index contributed by atoms with van der Waals surface area (Å²) in [6, 6.07) is 5.58. The monoisotopic (exact) mass is 443 g/mol. The number of nitrogens with one attached hydrogen (secondary N) is 1. The van der Waals surface area contributed by atoms with Crippen LogP contribution in [0.4, 0.5) is 11.5 Å².